The topological polar surface area (TPSA) is 89.5 Å². The Labute approximate surface area is 299 Å². The Morgan fingerprint density at radius 1 is 0.824 bits per heavy atom. The van der Waals surface area contributed by atoms with Crippen molar-refractivity contribution in [2.24, 2.45) is 0 Å². The van der Waals surface area contributed by atoms with Crippen LogP contribution in [0.3, 0.4) is 0 Å². The number of ether oxygens (including phenoxy) is 4. The van der Waals surface area contributed by atoms with Gasteiger partial charge in [-0.15, -0.1) is 0 Å². The number of methoxy groups -OCH3 is 2. The van der Waals surface area contributed by atoms with Crippen LogP contribution >= 0.6 is 0 Å². The predicted molar refractivity (Wildman–Crippen MR) is 196 cm³/mol. The number of amides is 1. The number of fused-ring (bicyclic) bond motifs is 1. The molecule has 8 heteroatoms. The number of hydrogen-bond acceptors (Lipinski definition) is 7. The Hall–Kier alpha value is -4.99. The van der Waals surface area contributed by atoms with Gasteiger partial charge in [0.15, 0.2) is 17.8 Å². The molecule has 0 spiro atoms. The third kappa shape index (κ3) is 8.00. The number of benzene rings is 5. The Bertz CT molecular complexity index is 1930. The number of nitrogens with one attached hydrogen (secondary N) is 1. The first kappa shape index (κ1) is 34.5. The third-order valence-corrected chi connectivity index (χ3v) is 9.86. The summed E-state index contributed by atoms with van der Waals surface area (Å²) in [5.41, 5.74) is 9.18. The van der Waals surface area contributed by atoms with Crippen LogP contribution in [0.5, 0.6) is 11.5 Å². The van der Waals surface area contributed by atoms with E-state index in [4.69, 9.17) is 18.9 Å². The minimum absolute atomic E-state index is 0.00212. The smallest absolute Gasteiger partial charge is 0.251 e. The molecule has 5 aromatic carbocycles. The van der Waals surface area contributed by atoms with E-state index in [0.29, 0.717) is 18.5 Å². The van der Waals surface area contributed by atoms with Gasteiger partial charge in [-0.1, -0.05) is 91.0 Å². The molecule has 2 aliphatic rings. The van der Waals surface area contributed by atoms with Crippen molar-refractivity contribution in [1.82, 2.24) is 10.2 Å². The third-order valence-electron chi connectivity index (χ3n) is 9.86. The molecule has 8 nitrogen and oxygen atoms in total. The van der Waals surface area contributed by atoms with Gasteiger partial charge in [0.25, 0.3) is 5.91 Å². The van der Waals surface area contributed by atoms with Gasteiger partial charge in [0.1, 0.15) is 0 Å². The van der Waals surface area contributed by atoms with E-state index in [9.17, 15) is 9.90 Å². The van der Waals surface area contributed by atoms with Crippen molar-refractivity contribution in [2.45, 2.75) is 51.0 Å². The first-order chi connectivity index (χ1) is 25.0. The summed E-state index contributed by atoms with van der Waals surface area (Å²) in [5, 5.41) is 12.7. The fourth-order valence-corrected chi connectivity index (χ4v) is 7.06. The highest BCUT2D eigenvalue weighted by Gasteiger charge is 2.34. The van der Waals surface area contributed by atoms with Gasteiger partial charge < -0.3 is 29.4 Å². The van der Waals surface area contributed by atoms with Gasteiger partial charge in [-0.05, 0) is 69.6 Å². The van der Waals surface area contributed by atoms with Gasteiger partial charge in [0.2, 0.25) is 0 Å². The first-order valence-electron chi connectivity index (χ1n) is 17.5. The monoisotopic (exact) mass is 684 g/mol. The summed E-state index contributed by atoms with van der Waals surface area (Å²) in [6.45, 7) is 2.90. The van der Waals surface area contributed by atoms with Gasteiger partial charge in [0, 0.05) is 43.7 Å². The van der Waals surface area contributed by atoms with Crippen molar-refractivity contribution in [3.05, 3.63) is 154 Å². The van der Waals surface area contributed by atoms with Crippen molar-refractivity contribution in [2.75, 3.05) is 27.3 Å². The zero-order chi connectivity index (χ0) is 35.2. The molecular formula is C43H44N2O6. The molecule has 0 aliphatic carbocycles. The second-order valence-electron chi connectivity index (χ2n) is 13.1. The summed E-state index contributed by atoms with van der Waals surface area (Å²) in [7, 11) is 3.35. The van der Waals surface area contributed by atoms with Crippen LogP contribution in [-0.4, -0.2) is 49.3 Å². The molecular weight excluding hydrogens is 640 g/mol. The van der Waals surface area contributed by atoms with Crippen LogP contribution in [0.1, 0.15) is 62.6 Å². The van der Waals surface area contributed by atoms with E-state index in [1.165, 1.54) is 11.1 Å². The van der Waals surface area contributed by atoms with Gasteiger partial charge in [0.05, 0.1) is 33.0 Å². The van der Waals surface area contributed by atoms with Crippen molar-refractivity contribution >= 4 is 5.91 Å². The maximum absolute atomic E-state index is 12.7. The van der Waals surface area contributed by atoms with Crippen molar-refractivity contribution in [3.8, 4) is 22.6 Å². The minimum atomic E-state index is -0.554. The quantitative estimate of drug-likeness (QED) is 0.150. The van der Waals surface area contributed by atoms with Crippen molar-refractivity contribution < 1.29 is 28.8 Å². The average molecular weight is 685 g/mol. The lowest BCUT2D eigenvalue weighted by Gasteiger charge is -2.39. The summed E-state index contributed by atoms with van der Waals surface area (Å²) in [6, 6.07) is 37.9. The lowest BCUT2D eigenvalue weighted by atomic mass is 9.96. The number of hydrogen-bond donors (Lipinski definition) is 2. The van der Waals surface area contributed by atoms with E-state index in [0.717, 1.165) is 70.9 Å². The van der Waals surface area contributed by atoms with E-state index in [1.807, 2.05) is 72.8 Å². The maximum atomic E-state index is 12.7. The van der Waals surface area contributed by atoms with Gasteiger partial charge in [-0.2, -0.15) is 0 Å². The minimum Gasteiger partial charge on any atom is -0.493 e. The molecule has 5 aromatic rings. The molecule has 1 amide bonds. The number of carbonyl (C=O) groups excluding carboxylic acids is 1. The zero-order valence-electron chi connectivity index (χ0n) is 29.1. The molecule has 262 valence electrons. The standard InChI is InChI=1S/C43H44N2O6/c1-48-40-22-34-20-21-45(26-36(34)23-41(40)49-2)27-37-24-39(31-14-12-29(28-46)13-15-31)51-43(50-37)33-18-16-30(17-19-33)38-11-7-6-10-35(38)25-44-42(47)32-8-4-3-5-9-32/h3-19,22-23,37,39,43,46H,20-21,24-28H2,1-2H3,(H,44,47)/t37-,39+,43+/m1/s1. The normalized spacial score (nSPS) is 18.8. The largest absolute Gasteiger partial charge is 0.493 e. The van der Waals surface area contributed by atoms with Gasteiger partial charge >= 0.3 is 0 Å². The van der Waals surface area contributed by atoms with Gasteiger partial charge in [-0.3, -0.25) is 9.69 Å². The van der Waals surface area contributed by atoms with Crippen LogP contribution in [0, 0.1) is 0 Å². The van der Waals surface area contributed by atoms with E-state index in [2.05, 4.69) is 52.7 Å². The van der Waals surface area contributed by atoms with Crippen LogP contribution in [0.15, 0.2) is 115 Å². The summed E-state index contributed by atoms with van der Waals surface area (Å²) < 4.78 is 24.5. The fraction of sp³-hybridized carbons (Fsp3) is 0.279. The molecule has 0 bridgehead atoms. The van der Waals surface area contributed by atoms with E-state index in [-0.39, 0.29) is 24.7 Å². The van der Waals surface area contributed by atoms with Crippen LogP contribution in [0.4, 0.5) is 0 Å². The number of nitrogens with zero attached hydrogens (tertiary/aromatic N) is 1. The van der Waals surface area contributed by atoms with E-state index >= 15 is 0 Å². The SMILES string of the molecule is COc1cc2c(cc1OC)CN(C[C@H]1C[C@@H](c3ccc(CO)cc3)O[C@@H](c3ccc(-c4ccccc4CNC(=O)c4ccccc4)cc3)O1)CC2. The maximum Gasteiger partial charge on any atom is 0.251 e. The lowest BCUT2D eigenvalue weighted by Crippen LogP contribution is -2.41. The van der Waals surface area contributed by atoms with E-state index < -0.39 is 6.29 Å². The second kappa shape index (κ2) is 15.9. The lowest BCUT2D eigenvalue weighted by molar-refractivity contribution is -0.253. The summed E-state index contributed by atoms with van der Waals surface area (Å²) in [4.78, 5) is 15.2. The molecule has 2 N–H and O–H groups in total. The molecule has 1 fully saturated rings. The highest BCUT2D eigenvalue weighted by Crippen LogP contribution is 2.40. The second-order valence-corrected chi connectivity index (χ2v) is 13.1. The van der Waals surface area contributed by atoms with Crippen LogP contribution in [-0.2, 0) is 35.6 Å². The van der Waals surface area contributed by atoms with Crippen LogP contribution < -0.4 is 14.8 Å². The predicted octanol–water partition coefficient (Wildman–Crippen LogP) is 7.40. The molecule has 7 rings (SSSR count). The van der Waals surface area contributed by atoms with E-state index in [1.54, 1.807) is 14.2 Å². The zero-order valence-corrected chi connectivity index (χ0v) is 29.1. The molecule has 2 heterocycles. The number of carbonyl (C=O) groups is 1. The average Bonchev–Trinajstić information content (AvgIpc) is 3.19. The molecule has 51 heavy (non-hydrogen) atoms. The molecule has 3 atom stereocenters. The molecule has 0 saturated carbocycles. The summed E-state index contributed by atoms with van der Waals surface area (Å²) in [6.07, 6.45) is 0.845. The number of aliphatic hydroxyl groups is 1. The fourth-order valence-electron chi connectivity index (χ4n) is 7.06. The first-order valence-corrected chi connectivity index (χ1v) is 17.5. The van der Waals surface area contributed by atoms with Crippen LogP contribution in [0.2, 0.25) is 0 Å². The molecule has 0 radical (unpaired) electrons. The Kier molecular flexibility index (Phi) is 10.8. The number of aliphatic hydroxyl groups excluding tert-OH is 1. The van der Waals surface area contributed by atoms with Gasteiger partial charge in [-0.25, -0.2) is 0 Å². The van der Waals surface area contributed by atoms with Crippen molar-refractivity contribution in [1.29, 1.82) is 0 Å². The number of rotatable bonds is 11. The van der Waals surface area contributed by atoms with Crippen LogP contribution in [0.25, 0.3) is 11.1 Å². The van der Waals surface area contributed by atoms with Crippen molar-refractivity contribution in [3.63, 3.8) is 0 Å². The highest BCUT2D eigenvalue weighted by atomic mass is 16.7. The Balaban J connectivity index is 1.09. The summed E-state index contributed by atoms with van der Waals surface area (Å²) in [5.74, 6) is 1.41. The molecule has 0 unspecified atom stereocenters. The molecule has 2 aliphatic heterocycles. The Morgan fingerprint density at radius 2 is 1.51 bits per heavy atom. The Morgan fingerprint density at radius 3 is 2.24 bits per heavy atom. The molecule has 1 saturated heterocycles. The highest BCUT2D eigenvalue weighted by molar-refractivity contribution is 5.94. The molecule has 0 aromatic heterocycles. The summed E-state index contributed by atoms with van der Waals surface area (Å²) >= 11 is 0.